The maximum atomic E-state index is 12.6. The summed E-state index contributed by atoms with van der Waals surface area (Å²) in [7, 11) is -3.31. The van der Waals surface area contributed by atoms with E-state index in [2.05, 4.69) is 6.92 Å². The fourth-order valence-corrected chi connectivity index (χ4v) is 5.84. The van der Waals surface area contributed by atoms with Crippen LogP contribution in [0.5, 0.6) is 0 Å². The summed E-state index contributed by atoms with van der Waals surface area (Å²) in [5.74, 6) is 0.890. The van der Waals surface area contributed by atoms with Crippen LogP contribution in [0.2, 0.25) is 0 Å². The van der Waals surface area contributed by atoms with Gasteiger partial charge >= 0.3 is 0 Å². The van der Waals surface area contributed by atoms with Gasteiger partial charge in [0.2, 0.25) is 0 Å². The molecule has 2 aliphatic rings. The van der Waals surface area contributed by atoms with E-state index in [4.69, 9.17) is 5.73 Å². The van der Waals surface area contributed by atoms with Gasteiger partial charge in [-0.05, 0) is 12.8 Å². The van der Waals surface area contributed by atoms with E-state index < -0.39 is 10.2 Å². The van der Waals surface area contributed by atoms with Gasteiger partial charge in [0.15, 0.2) is 0 Å². The number of piperidine rings is 1. The van der Waals surface area contributed by atoms with E-state index in [9.17, 15) is 8.42 Å². The lowest BCUT2D eigenvalue weighted by atomic mass is 10.1. The third kappa shape index (κ3) is 3.01. The molecule has 0 spiro atoms. The predicted octanol–water partition coefficient (Wildman–Crippen LogP) is 0.482. The third-order valence-electron chi connectivity index (χ3n) is 3.67. The summed E-state index contributed by atoms with van der Waals surface area (Å²) in [6, 6.07) is -0.00589. The summed E-state index contributed by atoms with van der Waals surface area (Å²) in [6.45, 7) is 4.40. The molecule has 7 heteroatoms. The topological polar surface area (TPSA) is 66.6 Å². The largest absolute Gasteiger partial charge is 0.329 e. The molecule has 2 aliphatic heterocycles. The Morgan fingerprint density at radius 1 is 1.33 bits per heavy atom. The lowest BCUT2D eigenvalue weighted by Crippen LogP contribution is -2.55. The van der Waals surface area contributed by atoms with Gasteiger partial charge < -0.3 is 5.73 Å². The summed E-state index contributed by atoms with van der Waals surface area (Å²) in [4.78, 5) is 0. The minimum absolute atomic E-state index is 0.00589. The monoisotopic (exact) mass is 293 g/mol. The van der Waals surface area contributed by atoms with Crippen molar-refractivity contribution in [2.75, 3.05) is 31.9 Å². The first kappa shape index (κ1) is 14.6. The summed E-state index contributed by atoms with van der Waals surface area (Å²) < 4.78 is 28.6. The lowest BCUT2D eigenvalue weighted by Gasteiger charge is -2.39. The molecule has 0 bridgehead atoms. The molecule has 2 heterocycles. The molecule has 0 aromatic carbocycles. The number of thioether (sulfide) groups is 1. The summed E-state index contributed by atoms with van der Waals surface area (Å²) in [5.41, 5.74) is 5.72. The second kappa shape index (κ2) is 6.09. The first-order valence-corrected chi connectivity index (χ1v) is 9.09. The molecule has 18 heavy (non-hydrogen) atoms. The van der Waals surface area contributed by atoms with Gasteiger partial charge in [0.1, 0.15) is 0 Å². The average Bonchev–Trinajstić information content (AvgIpc) is 2.38. The molecule has 0 radical (unpaired) electrons. The van der Waals surface area contributed by atoms with Crippen LogP contribution in [-0.4, -0.2) is 60.3 Å². The van der Waals surface area contributed by atoms with Crippen LogP contribution in [0, 0.1) is 0 Å². The number of rotatable bonds is 3. The normalized spacial score (nSPS) is 32.6. The van der Waals surface area contributed by atoms with Crippen molar-refractivity contribution in [2.45, 2.75) is 37.5 Å². The fourth-order valence-electron chi connectivity index (χ4n) is 2.66. The van der Waals surface area contributed by atoms with Crippen LogP contribution in [0.4, 0.5) is 0 Å². The molecular formula is C11H23N3O2S2. The third-order valence-corrected chi connectivity index (χ3v) is 6.87. The zero-order valence-electron chi connectivity index (χ0n) is 10.9. The Kier molecular flexibility index (Phi) is 4.93. The van der Waals surface area contributed by atoms with Crippen molar-refractivity contribution in [2.24, 2.45) is 5.73 Å². The lowest BCUT2D eigenvalue weighted by molar-refractivity contribution is 0.236. The van der Waals surface area contributed by atoms with Gasteiger partial charge in [0.05, 0.1) is 0 Å². The van der Waals surface area contributed by atoms with Crippen LogP contribution < -0.4 is 5.73 Å². The van der Waals surface area contributed by atoms with Crippen LogP contribution in [0.25, 0.3) is 0 Å². The molecular weight excluding hydrogens is 270 g/mol. The van der Waals surface area contributed by atoms with Gasteiger partial charge in [-0.3, -0.25) is 0 Å². The van der Waals surface area contributed by atoms with Crippen molar-refractivity contribution in [3.05, 3.63) is 0 Å². The molecule has 2 N–H and O–H groups in total. The minimum atomic E-state index is -3.31. The highest BCUT2D eigenvalue weighted by Gasteiger charge is 2.37. The Bertz CT molecular complexity index is 374. The highest BCUT2D eigenvalue weighted by Crippen LogP contribution is 2.26. The number of hydrogen-bond acceptors (Lipinski definition) is 4. The summed E-state index contributed by atoms with van der Waals surface area (Å²) in [6.07, 6.45) is 2.93. The van der Waals surface area contributed by atoms with E-state index in [-0.39, 0.29) is 6.04 Å². The Morgan fingerprint density at radius 3 is 2.78 bits per heavy atom. The van der Waals surface area contributed by atoms with Crippen molar-refractivity contribution < 1.29 is 8.42 Å². The van der Waals surface area contributed by atoms with E-state index in [0.29, 0.717) is 31.4 Å². The molecule has 0 aromatic heterocycles. The quantitative estimate of drug-likeness (QED) is 0.822. The molecule has 2 fully saturated rings. The highest BCUT2D eigenvalue weighted by molar-refractivity contribution is 8.00. The van der Waals surface area contributed by atoms with Gasteiger partial charge in [-0.2, -0.15) is 28.8 Å². The smallest absolute Gasteiger partial charge is 0.282 e. The molecule has 0 saturated carbocycles. The number of nitrogens with zero attached hydrogens (tertiary/aromatic N) is 2. The summed E-state index contributed by atoms with van der Waals surface area (Å²) >= 11 is 1.84. The Balaban J connectivity index is 2.13. The minimum Gasteiger partial charge on any atom is -0.329 e. The van der Waals surface area contributed by atoms with Gasteiger partial charge in [-0.1, -0.05) is 13.3 Å². The molecule has 2 atom stereocenters. The molecule has 5 nitrogen and oxygen atoms in total. The maximum absolute atomic E-state index is 12.6. The molecule has 2 saturated heterocycles. The Hall–Kier alpha value is 0.180. The first-order chi connectivity index (χ1) is 8.55. The second-order valence-electron chi connectivity index (χ2n) is 5.04. The van der Waals surface area contributed by atoms with Crippen LogP contribution in [-0.2, 0) is 10.2 Å². The van der Waals surface area contributed by atoms with Crippen molar-refractivity contribution in [3.8, 4) is 0 Å². The highest BCUT2D eigenvalue weighted by atomic mass is 32.2. The van der Waals surface area contributed by atoms with Crippen LogP contribution in [0.3, 0.4) is 0 Å². The maximum Gasteiger partial charge on any atom is 0.282 e. The number of hydrogen-bond donors (Lipinski definition) is 1. The van der Waals surface area contributed by atoms with Gasteiger partial charge in [-0.25, -0.2) is 0 Å². The molecule has 2 rings (SSSR count). The van der Waals surface area contributed by atoms with Gasteiger partial charge in [0, 0.05) is 43.2 Å². The molecule has 0 amide bonds. The van der Waals surface area contributed by atoms with E-state index in [1.54, 1.807) is 8.61 Å². The molecule has 106 valence electrons. The second-order valence-corrected chi connectivity index (χ2v) is 8.47. The standard InChI is InChI=1S/C11H23N3O2S2/c1-10-9-13(6-7-17-10)18(15,16)14-5-3-2-4-11(14)8-12/h10-11H,2-9,12H2,1H3. The van der Waals surface area contributed by atoms with E-state index in [0.717, 1.165) is 25.0 Å². The van der Waals surface area contributed by atoms with Crippen LogP contribution in [0.15, 0.2) is 0 Å². The Labute approximate surface area is 114 Å². The molecule has 0 aliphatic carbocycles. The zero-order chi connectivity index (χ0) is 13.2. The zero-order valence-corrected chi connectivity index (χ0v) is 12.5. The van der Waals surface area contributed by atoms with E-state index in [1.807, 2.05) is 11.8 Å². The van der Waals surface area contributed by atoms with Gasteiger partial charge in [-0.15, -0.1) is 0 Å². The van der Waals surface area contributed by atoms with Crippen molar-refractivity contribution in [1.29, 1.82) is 0 Å². The molecule has 0 aromatic rings. The SMILES string of the molecule is CC1CN(S(=O)(=O)N2CCCCC2CN)CCS1. The van der Waals surface area contributed by atoms with E-state index in [1.165, 1.54) is 0 Å². The van der Waals surface area contributed by atoms with Crippen LogP contribution in [0.1, 0.15) is 26.2 Å². The summed E-state index contributed by atoms with van der Waals surface area (Å²) in [5, 5.41) is 0.384. The average molecular weight is 293 g/mol. The van der Waals surface area contributed by atoms with E-state index >= 15 is 0 Å². The van der Waals surface area contributed by atoms with Crippen molar-refractivity contribution in [3.63, 3.8) is 0 Å². The Morgan fingerprint density at radius 2 is 2.11 bits per heavy atom. The van der Waals surface area contributed by atoms with Crippen molar-refractivity contribution in [1.82, 2.24) is 8.61 Å². The predicted molar refractivity (Wildman–Crippen MR) is 75.8 cm³/mol. The van der Waals surface area contributed by atoms with Gasteiger partial charge in [0.25, 0.3) is 10.2 Å². The van der Waals surface area contributed by atoms with Crippen molar-refractivity contribution >= 4 is 22.0 Å². The first-order valence-electron chi connectivity index (χ1n) is 6.64. The fraction of sp³-hybridized carbons (Fsp3) is 1.00. The van der Waals surface area contributed by atoms with Crippen LogP contribution >= 0.6 is 11.8 Å². The molecule has 2 unspecified atom stereocenters. The number of nitrogens with two attached hydrogens (primary N) is 1.